The quantitative estimate of drug-likeness (QED) is 0.891. The molecule has 0 unspecified atom stereocenters. The Kier molecular flexibility index (Phi) is 3.45. The van der Waals surface area contributed by atoms with Crippen LogP contribution < -0.4 is 5.69 Å². The summed E-state index contributed by atoms with van der Waals surface area (Å²) in [5.41, 5.74) is 3.00. The number of hydrogen-bond donors (Lipinski definition) is 1. The summed E-state index contributed by atoms with van der Waals surface area (Å²) in [4.78, 5) is 17.6. The normalized spacial score (nSPS) is 16.4. The van der Waals surface area contributed by atoms with Gasteiger partial charge in [0.05, 0.1) is 5.69 Å². The van der Waals surface area contributed by atoms with Gasteiger partial charge in [-0.2, -0.15) is 0 Å². The molecule has 0 aliphatic heterocycles. The highest BCUT2D eigenvalue weighted by Crippen LogP contribution is 2.33. The summed E-state index contributed by atoms with van der Waals surface area (Å²) in [5, 5.41) is 0. The zero-order valence-electron chi connectivity index (χ0n) is 10.9. The molecule has 0 bridgehead atoms. The van der Waals surface area contributed by atoms with Gasteiger partial charge in [0.25, 0.3) is 0 Å². The Morgan fingerprint density at radius 3 is 2.42 bits per heavy atom. The van der Waals surface area contributed by atoms with Gasteiger partial charge in [0.1, 0.15) is 0 Å². The van der Waals surface area contributed by atoms with Crippen LogP contribution >= 0.6 is 0 Å². The molecular weight excluding hydrogens is 236 g/mol. The molecule has 0 radical (unpaired) electrons. The third-order valence-electron chi connectivity index (χ3n) is 3.97. The predicted octanol–water partition coefficient (Wildman–Crippen LogP) is 3.48. The molecule has 1 aliphatic carbocycles. The minimum absolute atomic E-state index is 0.297. The molecule has 3 nitrogen and oxygen atoms in total. The van der Waals surface area contributed by atoms with E-state index in [2.05, 4.69) is 34.2 Å². The first kappa shape index (κ1) is 12.2. The van der Waals surface area contributed by atoms with Gasteiger partial charge >= 0.3 is 5.69 Å². The maximum atomic E-state index is 11.2. The SMILES string of the molecule is O=c1nccc(-c2ccc(C3CCCCC3)cc2)[nH]1. The molecule has 1 aliphatic rings. The van der Waals surface area contributed by atoms with Crippen LogP contribution in [-0.2, 0) is 0 Å². The van der Waals surface area contributed by atoms with Crippen molar-refractivity contribution in [1.29, 1.82) is 0 Å². The number of aromatic nitrogens is 2. The lowest BCUT2D eigenvalue weighted by Crippen LogP contribution is -2.09. The zero-order chi connectivity index (χ0) is 13.1. The molecule has 1 N–H and O–H groups in total. The summed E-state index contributed by atoms with van der Waals surface area (Å²) in [6.07, 6.45) is 8.25. The predicted molar refractivity (Wildman–Crippen MR) is 76.1 cm³/mol. The van der Waals surface area contributed by atoms with E-state index in [4.69, 9.17) is 0 Å². The summed E-state index contributed by atoms with van der Waals surface area (Å²) < 4.78 is 0. The van der Waals surface area contributed by atoms with Crippen molar-refractivity contribution in [3.8, 4) is 11.3 Å². The van der Waals surface area contributed by atoms with E-state index >= 15 is 0 Å². The van der Waals surface area contributed by atoms with E-state index in [1.807, 2.05) is 6.07 Å². The number of aromatic amines is 1. The molecule has 1 heterocycles. The molecule has 1 aromatic heterocycles. The van der Waals surface area contributed by atoms with Crippen LogP contribution in [0.25, 0.3) is 11.3 Å². The van der Waals surface area contributed by atoms with Crippen molar-refractivity contribution < 1.29 is 0 Å². The Morgan fingerprint density at radius 1 is 1.00 bits per heavy atom. The molecule has 0 saturated heterocycles. The molecule has 0 spiro atoms. The Balaban J connectivity index is 1.84. The van der Waals surface area contributed by atoms with Crippen molar-refractivity contribution in [3.05, 3.63) is 52.6 Å². The first-order chi connectivity index (χ1) is 9.33. The van der Waals surface area contributed by atoms with E-state index in [0.717, 1.165) is 17.2 Å². The Labute approximate surface area is 112 Å². The van der Waals surface area contributed by atoms with Gasteiger partial charge in [0, 0.05) is 6.20 Å². The fraction of sp³-hybridized carbons (Fsp3) is 0.375. The molecule has 1 aromatic carbocycles. The van der Waals surface area contributed by atoms with Crippen molar-refractivity contribution in [2.45, 2.75) is 38.0 Å². The monoisotopic (exact) mass is 254 g/mol. The van der Waals surface area contributed by atoms with Gasteiger partial charge < -0.3 is 4.98 Å². The summed E-state index contributed by atoms with van der Waals surface area (Å²) in [6.45, 7) is 0. The van der Waals surface area contributed by atoms with Gasteiger partial charge in [0.15, 0.2) is 0 Å². The molecule has 0 amide bonds. The first-order valence-corrected chi connectivity index (χ1v) is 6.98. The maximum absolute atomic E-state index is 11.2. The lowest BCUT2D eigenvalue weighted by molar-refractivity contribution is 0.443. The van der Waals surface area contributed by atoms with Crippen LogP contribution in [0, 0.1) is 0 Å². The molecule has 0 atom stereocenters. The average molecular weight is 254 g/mol. The van der Waals surface area contributed by atoms with Crippen molar-refractivity contribution in [2.75, 3.05) is 0 Å². The number of nitrogens with zero attached hydrogens (tertiary/aromatic N) is 1. The third-order valence-corrected chi connectivity index (χ3v) is 3.97. The Morgan fingerprint density at radius 2 is 1.74 bits per heavy atom. The van der Waals surface area contributed by atoms with Crippen molar-refractivity contribution >= 4 is 0 Å². The second-order valence-corrected chi connectivity index (χ2v) is 5.25. The van der Waals surface area contributed by atoms with Gasteiger partial charge in [0.2, 0.25) is 0 Å². The molecule has 3 rings (SSSR count). The largest absolute Gasteiger partial charge is 0.345 e. The molecule has 3 heteroatoms. The number of benzene rings is 1. The van der Waals surface area contributed by atoms with Gasteiger partial charge in [-0.25, -0.2) is 9.78 Å². The fourth-order valence-electron chi connectivity index (χ4n) is 2.91. The highest BCUT2D eigenvalue weighted by molar-refractivity contribution is 5.58. The van der Waals surface area contributed by atoms with E-state index in [0.29, 0.717) is 0 Å². The molecular formula is C16H18N2O. The molecule has 1 fully saturated rings. The fourth-order valence-corrected chi connectivity index (χ4v) is 2.91. The third kappa shape index (κ3) is 2.75. The highest BCUT2D eigenvalue weighted by Gasteiger charge is 2.15. The summed E-state index contributed by atoms with van der Waals surface area (Å²) in [5.74, 6) is 0.722. The van der Waals surface area contributed by atoms with Crippen LogP contribution in [0.3, 0.4) is 0 Å². The van der Waals surface area contributed by atoms with Crippen molar-refractivity contribution in [3.63, 3.8) is 0 Å². The first-order valence-electron chi connectivity index (χ1n) is 6.98. The number of H-pyrrole nitrogens is 1. The lowest BCUT2D eigenvalue weighted by atomic mass is 9.84. The minimum Gasteiger partial charge on any atom is -0.305 e. The second kappa shape index (κ2) is 5.39. The summed E-state index contributed by atoms with van der Waals surface area (Å²) >= 11 is 0. The minimum atomic E-state index is -0.297. The number of hydrogen-bond acceptors (Lipinski definition) is 2. The average Bonchev–Trinajstić information content (AvgIpc) is 2.48. The highest BCUT2D eigenvalue weighted by atomic mass is 16.1. The smallest absolute Gasteiger partial charge is 0.305 e. The van der Waals surface area contributed by atoms with Gasteiger partial charge in [-0.15, -0.1) is 0 Å². The van der Waals surface area contributed by atoms with Crippen LogP contribution in [0.15, 0.2) is 41.3 Å². The van der Waals surface area contributed by atoms with Crippen LogP contribution in [0.2, 0.25) is 0 Å². The topological polar surface area (TPSA) is 45.8 Å². The number of nitrogens with one attached hydrogen (secondary N) is 1. The molecule has 19 heavy (non-hydrogen) atoms. The van der Waals surface area contributed by atoms with E-state index in [9.17, 15) is 4.79 Å². The zero-order valence-corrected chi connectivity index (χ0v) is 10.9. The van der Waals surface area contributed by atoms with Crippen LogP contribution in [-0.4, -0.2) is 9.97 Å². The van der Waals surface area contributed by atoms with Crippen LogP contribution in [0.5, 0.6) is 0 Å². The van der Waals surface area contributed by atoms with E-state index in [-0.39, 0.29) is 5.69 Å². The summed E-state index contributed by atoms with van der Waals surface area (Å²) in [7, 11) is 0. The van der Waals surface area contributed by atoms with E-state index in [1.54, 1.807) is 6.20 Å². The van der Waals surface area contributed by atoms with Gasteiger partial charge in [-0.05, 0) is 36.0 Å². The molecule has 2 aromatic rings. The van der Waals surface area contributed by atoms with Crippen molar-refractivity contribution in [1.82, 2.24) is 9.97 Å². The summed E-state index contributed by atoms with van der Waals surface area (Å²) in [6, 6.07) is 10.4. The van der Waals surface area contributed by atoms with Gasteiger partial charge in [-0.3, -0.25) is 0 Å². The molecule has 1 saturated carbocycles. The Hall–Kier alpha value is -1.90. The Bertz CT molecular complexity index is 595. The van der Waals surface area contributed by atoms with Crippen LogP contribution in [0.4, 0.5) is 0 Å². The van der Waals surface area contributed by atoms with E-state index < -0.39 is 0 Å². The number of rotatable bonds is 2. The second-order valence-electron chi connectivity index (χ2n) is 5.25. The maximum Gasteiger partial charge on any atom is 0.345 e. The van der Waals surface area contributed by atoms with Gasteiger partial charge in [-0.1, -0.05) is 43.5 Å². The van der Waals surface area contributed by atoms with E-state index in [1.165, 1.54) is 37.7 Å². The molecule has 98 valence electrons. The van der Waals surface area contributed by atoms with Crippen LogP contribution in [0.1, 0.15) is 43.6 Å². The lowest BCUT2D eigenvalue weighted by Gasteiger charge is -2.22. The van der Waals surface area contributed by atoms with Crippen molar-refractivity contribution in [2.24, 2.45) is 0 Å². The standard InChI is InChI=1S/C16H18N2O/c19-16-17-11-10-15(18-16)14-8-6-13(7-9-14)12-4-2-1-3-5-12/h6-12H,1-5H2,(H,17,18,19).